The van der Waals surface area contributed by atoms with Crippen LogP contribution in [0.3, 0.4) is 0 Å². The lowest BCUT2D eigenvalue weighted by atomic mass is 10.2. The number of hydrogen-bond acceptors (Lipinski definition) is 4. The van der Waals surface area contributed by atoms with Crippen LogP contribution in [0.15, 0.2) is 54.7 Å². The number of pyridine rings is 1. The molecule has 2 aromatic heterocycles. The van der Waals surface area contributed by atoms with Gasteiger partial charge in [-0.1, -0.05) is 18.2 Å². The van der Waals surface area contributed by atoms with Crippen LogP contribution in [-0.4, -0.2) is 27.6 Å². The first-order valence-electron chi connectivity index (χ1n) is 7.15. The number of rotatable bonds is 5. The molecule has 0 spiro atoms. The summed E-state index contributed by atoms with van der Waals surface area (Å²) in [5.41, 5.74) is 1.68. The number of amides is 1. The summed E-state index contributed by atoms with van der Waals surface area (Å²) in [7, 11) is 1.62. The van der Waals surface area contributed by atoms with Crippen molar-refractivity contribution in [3.05, 3.63) is 66.1 Å². The van der Waals surface area contributed by atoms with Crippen LogP contribution in [0.4, 0.5) is 0 Å². The van der Waals surface area contributed by atoms with Gasteiger partial charge in [-0.05, 0) is 35.9 Å². The highest BCUT2D eigenvalue weighted by atomic mass is 16.5. The van der Waals surface area contributed by atoms with E-state index in [1.165, 1.54) is 6.08 Å². The topological polar surface area (TPSA) is 68.5 Å². The van der Waals surface area contributed by atoms with Gasteiger partial charge in [0.05, 0.1) is 13.7 Å². The number of methoxy groups -OCH3 is 1. The van der Waals surface area contributed by atoms with Gasteiger partial charge in [-0.3, -0.25) is 9.20 Å². The van der Waals surface area contributed by atoms with Crippen LogP contribution in [0.2, 0.25) is 0 Å². The van der Waals surface area contributed by atoms with E-state index in [0.717, 1.165) is 17.0 Å². The van der Waals surface area contributed by atoms with E-state index >= 15 is 0 Å². The molecule has 0 aliphatic carbocycles. The molecule has 0 saturated carbocycles. The lowest BCUT2D eigenvalue weighted by Gasteiger charge is -2.01. The predicted molar refractivity (Wildman–Crippen MR) is 86.9 cm³/mol. The summed E-state index contributed by atoms with van der Waals surface area (Å²) >= 11 is 0. The first-order chi connectivity index (χ1) is 11.3. The van der Waals surface area contributed by atoms with E-state index in [1.54, 1.807) is 13.2 Å². The van der Waals surface area contributed by atoms with Gasteiger partial charge >= 0.3 is 0 Å². The molecule has 0 atom stereocenters. The lowest BCUT2D eigenvalue weighted by Crippen LogP contribution is -2.21. The molecule has 6 nitrogen and oxygen atoms in total. The Morgan fingerprint density at radius 3 is 2.83 bits per heavy atom. The van der Waals surface area contributed by atoms with Crippen molar-refractivity contribution in [2.24, 2.45) is 0 Å². The van der Waals surface area contributed by atoms with Crippen molar-refractivity contribution in [3.63, 3.8) is 0 Å². The average molecular weight is 308 g/mol. The smallest absolute Gasteiger partial charge is 0.244 e. The molecule has 3 rings (SSSR count). The molecule has 1 N–H and O–H groups in total. The number of hydrogen-bond donors (Lipinski definition) is 1. The fourth-order valence-corrected chi connectivity index (χ4v) is 2.12. The second-order valence-electron chi connectivity index (χ2n) is 4.87. The normalized spacial score (nSPS) is 11.0. The van der Waals surface area contributed by atoms with Crippen molar-refractivity contribution in [2.45, 2.75) is 6.54 Å². The molecule has 1 amide bonds. The van der Waals surface area contributed by atoms with E-state index < -0.39 is 0 Å². The van der Waals surface area contributed by atoms with Crippen molar-refractivity contribution in [2.75, 3.05) is 7.11 Å². The summed E-state index contributed by atoms with van der Waals surface area (Å²) in [6, 6.07) is 13.1. The van der Waals surface area contributed by atoms with E-state index in [0.29, 0.717) is 12.4 Å². The van der Waals surface area contributed by atoms with Gasteiger partial charge in [-0.15, -0.1) is 10.2 Å². The first-order valence-corrected chi connectivity index (χ1v) is 7.15. The number of carbonyl (C=O) groups is 1. The fourth-order valence-electron chi connectivity index (χ4n) is 2.12. The van der Waals surface area contributed by atoms with E-state index in [4.69, 9.17) is 4.74 Å². The SMILES string of the molecule is COc1ccc(/C=C/C(=O)NCc2nnc3ccccn23)cc1. The van der Waals surface area contributed by atoms with Crippen LogP contribution >= 0.6 is 0 Å². The van der Waals surface area contributed by atoms with Crippen molar-refractivity contribution < 1.29 is 9.53 Å². The van der Waals surface area contributed by atoms with Gasteiger partial charge in [-0.25, -0.2) is 0 Å². The Balaban J connectivity index is 1.59. The van der Waals surface area contributed by atoms with Gasteiger partial charge in [0.1, 0.15) is 5.75 Å². The Bertz CT molecular complexity index is 837. The second kappa shape index (κ2) is 6.74. The predicted octanol–water partition coefficient (Wildman–Crippen LogP) is 2.07. The molecule has 2 heterocycles. The number of fused-ring (bicyclic) bond motifs is 1. The zero-order valence-electron chi connectivity index (χ0n) is 12.6. The zero-order valence-corrected chi connectivity index (χ0v) is 12.6. The number of benzene rings is 1. The van der Waals surface area contributed by atoms with Gasteiger partial charge in [0.15, 0.2) is 11.5 Å². The standard InChI is InChI=1S/C17H16N4O2/c1-23-14-8-5-13(6-9-14)7-10-17(22)18-12-16-20-19-15-4-2-3-11-21(15)16/h2-11H,12H2,1H3,(H,18,22)/b10-7+. The van der Waals surface area contributed by atoms with Gasteiger partial charge in [0, 0.05) is 12.3 Å². The summed E-state index contributed by atoms with van der Waals surface area (Å²) in [4.78, 5) is 11.9. The highest BCUT2D eigenvalue weighted by Gasteiger charge is 2.05. The molecule has 0 fully saturated rings. The third kappa shape index (κ3) is 3.55. The number of nitrogens with zero attached hydrogens (tertiary/aromatic N) is 3. The number of carbonyl (C=O) groups excluding carboxylic acids is 1. The minimum Gasteiger partial charge on any atom is -0.497 e. The molecule has 0 saturated heterocycles. The molecule has 0 unspecified atom stereocenters. The van der Waals surface area contributed by atoms with E-state index in [-0.39, 0.29) is 5.91 Å². The fraction of sp³-hybridized carbons (Fsp3) is 0.118. The van der Waals surface area contributed by atoms with Crippen molar-refractivity contribution in [3.8, 4) is 5.75 Å². The maximum atomic E-state index is 11.9. The maximum Gasteiger partial charge on any atom is 0.244 e. The molecule has 0 radical (unpaired) electrons. The van der Waals surface area contributed by atoms with Crippen molar-refractivity contribution in [1.82, 2.24) is 19.9 Å². The van der Waals surface area contributed by atoms with Gasteiger partial charge in [0.2, 0.25) is 5.91 Å². The van der Waals surface area contributed by atoms with E-state index in [2.05, 4.69) is 15.5 Å². The van der Waals surface area contributed by atoms with Gasteiger partial charge < -0.3 is 10.1 Å². The highest BCUT2D eigenvalue weighted by molar-refractivity contribution is 5.91. The lowest BCUT2D eigenvalue weighted by molar-refractivity contribution is -0.116. The molecule has 0 aliphatic heterocycles. The molecule has 116 valence electrons. The molecule has 6 heteroatoms. The van der Waals surface area contributed by atoms with E-state index in [9.17, 15) is 4.79 Å². The minimum atomic E-state index is -0.187. The van der Waals surface area contributed by atoms with Crippen molar-refractivity contribution in [1.29, 1.82) is 0 Å². The molecular weight excluding hydrogens is 292 g/mol. The van der Waals surface area contributed by atoms with Crippen LogP contribution in [0.5, 0.6) is 5.75 Å². The highest BCUT2D eigenvalue weighted by Crippen LogP contribution is 2.12. The molecular formula is C17H16N4O2. The summed E-state index contributed by atoms with van der Waals surface area (Å²) in [5.74, 6) is 1.28. The van der Waals surface area contributed by atoms with Crippen LogP contribution in [-0.2, 0) is 11.3 Å². The summed E-state index contributed by atoms with van der Waals surface area (Å²) in [6.07, 6.45) is 5.10. The summed E-state index contributed by atoms with van der Waals surface area (Å²) < 4.78 is 6.93. The van der Waals surface area contributed by atoms with Crippen LogP contribution in [0.1, 0.15) is 11.4 Å². The summed E-state index contributed by atoms with van der Waals surface area (Å²) in [6.45, 7) is 0.316. The number of aromatic nitrogens is 3. The third-order valence-electron chi connectivity index (χ3n) is 3.35. The Labute approximate surface area is 133 Å². The van der Waals surface area contributed by atoms with Crippen molar-refractivity contribution >= 4 is 17.6 Å². The third-order valence-corrected chi connectivity index (χ3v) is 3.35. The monoisotopic (exact) mass is 308 g/mol. The minimum absolute atomic E-state index is 0.187. The Hall–Kier alpha value is -3.15. The number of ether oxygens (including phenoxy) is 1. The Kier molecular flexibility index (Phi) is 4.33. The van der Waals surface area contributed by atoms with Gasteiger partial charge in [-0.2, -0.15) is 0 Å². The average Bonchev–Trinajstić information content (AvgIpc) is 3.02. The van der Waals surface area contributed by atoms with Crippen LogP contribution < -0.4 is 10.1 Å². The van der Waals surface area contributed by atoms with Crippen LogP contribution in [0, 0.1) is 0 Å². The molecule has 0 bridgehead atoms. The first kappa shape index (κ1) is 14.8. The number of nitrogens with one attached hydrogen (secondary N) is 1. The maximum absolute atomic E-state index is 11.9. The molecule has 1 aromatic carbocycles. The Morgan fingerprint density at radius 1 is 1.22 bits per heavy atom. The zero-order chi connectivity index (χ0) is 16.1. The van der Waals surface area contributed by atoms with Gasteiger partial charge in [0.25, 0.3) is 0 Å². The van der Waals surface area contributed by atoms with E-state index in [1.807, 2.05) is 53.1 Å². The quantitative estimate of drug-likeness (QED) is 0.733. The second-order valence-corrected chi connectivity index (χ2v) is 4.87. The summed E-state index contributed by atoms with van der Waals surface area (Å²) in [5, 5.41) is 10.9. The molecule has 0 aliphatic rings. The largest absolute Gasteiger partial charge is 0.497 e. The molecule has 3 aromatic rings. The Morgan fingerprint density at radius 2 is 2.04 bits per heavy atom. The molecule has 23 heavy (non-hydrogen) atoms. The van der Waals surface area contributed by atoms with Crippen LogP contribution in [0.25, 0.3) is 11.7 Å².